The van der Waals surface area contributed by atoms with E-state index < -0.39 is 17.9 Å². The molecular formula is C15H16N5O3+. The highest BCUT2D eigenvalue weighted by Crippen LogP contribution is 2.15. The summed E-state index contributed by atoms with van der Waals surface area (Å²) >= 11 is 0. The maximum absolute atomic E-state index is 12.3. The van der Waals surface area contributed by atoms with Gasteiger partial charge in [0.05, 0.1) is 24.6 Å². The molecule has 1 amide bonds. The minimum Gasteiger partial charge on any atom is -0.467 e. The van der Waals surface area contributed by atoms with E-state index >= 15 is 0 Å². The van der Waals surface area contributed by atoms with Crippen LogP contribution < -0.4 is 5.32 Å². The van der Waals surface area contributed by atoms with Gasteiger partial charge in [-0.25, -0.2) is 9.78 Å². The molecule has 2 rings (SSSR count). The van der Waals surface area contributed by atoms with Gasteiger partial charge >= 0.3 is 11.8 Å². The molecule has 2 heterocycles. The Morgan fingerprint density at radius 2 is 2.26 bits per heavy atom. The fourth-order valence-corrected chi connectivity index (χ4v) is 2.02. The second-order valence-electron chi connectivity index (χ2n) is 4.82. The smallest absolute Gasteiger partial charge is 0.428 e. The van der Waals surface area contributed by atoms with Crippen LogP contribution in [0.1, 0.15) is 21.6 Å². The molecule has 0 aliphatic heterocycles. The monoisotopic (exact) mass is 314 g/mol. The number of amides is 1. The van der Waals surface area contributed by atoms with E-state index in [0.717, 1.165) is 0 Å². The molecule has 2 aromatic rings. The average Bonchev–Trinajstić information content (AvgIpc) is 3.06. The van der Waals surface area contributed by atoms with Crippen LogP contribution >= 0.6 is 0 Å². The summed E-state index contributed by atoms with van der Waals surface area (Å²) < 4.78 is 4.72. The van der Waals surface area contributed by atoms with E-state index in [-0.39, 0.29) is 6.42 Å². The molecule has 8 heteroatoms. The van der Waals surface area contributed by atoms with Crippen molar-refractivity contribution in [3.8, 4) is 6.57 Å². The summed E-state index contributed by atoms with van der Waals surface area (Å²) in [5.41, 5.74) is 1.66. The van der Waals surface area contributed by atoms with Gasteiger partial charge in [0, 0.05) is 18.3 Å². The number of methoxy groups -OCH3 is 1. The van der Waals surface area contributed by atoms with Gasteiger partial charge in [0.1, 0.15) is 12.6 Å². The lowest BCUT2D eigenvalue weighted by Crippen LogP contribution is -2.43. The van der Waals surface area contributed by atoms with Crippen molar-refractivity contribution >= 4 is 17.7 Å². The van der Waals surface area contributed by atoms with E-state index in [1.54, 1.807) is 19.2 Å². The Morgan fingerprint density at radius 1 is 1.48 bits per heavy atom. The molecule has 8 nitrogen and oxygen atoms in total. The second kappa shape index (κ2) is 7.17. The van der Waals surface area contributed by atoms with Gasteiger partial charge in [0.15, 0.2) is 6.20 Å². The molecule has 23 heavy (non-hydrogen) atoms. The zero-order chi connectivity index (χ0) is 16.8. The molecular weight excluding hydrogens is 298 g/mol. The third kappa shape index (κ3) is 3.91. The number of hydrogen-bond acceptors (Lipinski definition) is 5. The van der Waals surface area contributed by atoms with Crippen LogP contribution in [0.3, 0.4) is 0 Å². The molecule has 2 N–H and O–H groups in total. The molecule has 0 saturated heterocycles. The van der Waals surface area contributed by atoms with E-state index in [2.05, 4.69) is 25.1 Å². The van der Waals surface area contributed by atoms with Crippen molar-refractivity contribution in [2.45, 2.75) is 19.4 Å². The fourth-order valence-electron chi connectivity index (χ4n) is 2.02. The normalized spacial score (nSPS) is 11.3. The first kappa shape index (κ1) is 16.2. The number of ether oxygens (including phenoxy) is 1. The van der Waals surface area contributed by atoms with Crippen molar-refractivity contribution in [1.29, 1.82) is 0 Å². The first-order valence-electron chi connectivity index (χ1n) is 6.78. The van der Waals surface area contributed by atoms with Crippen LogP contribution in [0.4, 0.5) is 5.82 Å². The van der Waals surface area contributed by atoms with Gasteiger partial charge in [0.2, 0.25) is 0 Å². The van der Waals surface area contributed by atoms with Gasteiger partial charge in [-0.05, 0) is 18.0 Å². The maximum atomic E-state index is 12.3. The summed E-state index contributed by atoms with van der Waals surface area (Å²) in [5.74, 6) is -0.645. The van der Waals surface area contributed by atoms with Crippen LogP contribution in [0.5, 0.6) is 0 Å². The van der Waals surface area contributed by atoms with Crippen LogP contribution in [0, 0.1) is 13.5 Å². The second-order valence-corrected chi connectivity index (χ2v) is 4.82. The molecule has 0 aromatic carbocycles. The molecule has 0 radical (unpaired) electrons. The Labute approximate surface area is 132 Å². The molecule has 0 aliphatic rings. The zero-order valence-electron chi connectivity index (χ0n) is 12.7. The lowest BCUT2D eigenvalue weighted by Gasteiger charge is -2.15. The number of esters is 1. The van der Waals surface area contributed by atoms with Crippen LogP contribution in [0.2, 0.25) is 0 Å². The Morgan fingerprint density at radius 3 is 2.83 bits per heavy atom. The predicted molar refractivity (Wildman–Crippen MR) is 82.5 cm³/mol. The molecule has 0 spiro atoms. The largest absolute Gasteiger partial charge is 0.467 e. The summed E-state index contributed by atoms with van der Waals surface area (Å²) in [6.45, 7) is 6.92. The van der Waals surface area contributed by atoms with Crippen molar-refractivity contribution in [2.24, 2.45) is 0 Å². The summed E-state index contributed by atoms with van der Waals surface area (Å²) in [6, 6.07) is 0.755. The van der Waals surface area contributed by atoms with Gasteiger partial charge in [-0.1, -0.05) is 0 Å². The number of aromatic amines is 1. The number of hydrogen-bond donors (Lipinski definition) is 2. The van der Waals surface area contributed by atoms with Gasteiger partial charge < -0.3 is 15.0 Å². The van der Waals surface area contributed by atoms with Crippen LogP contribution in [-0.2, 0) is 16.0 Å². The highest BCUT2D eigenvalue weighted by atomic mass is 16.5. The van der Waals surface area contributed by atoms with Gasteiger partial charge in [-0.15, -0.1) is 0 Å². The van der Waals surface area contributed by atoms with E-state index in [1.807, 2.05) is 0 Å². The predicted octanol–water partition coefficient (Wildman–Crippen LogP) is 1.22. The number of nitrogens with zero attached hydrogens (tertiary/aromatic N) is 3. The topological polar surface area (TPSA) is 101 Å². The number of aryl methyl sites for hydroxylation is 1. The minimum absolute atomic E-state index is 0.237. The summed E-state index contributed by atoms with van der Waals surface area (Å²) in [5, 5.41) is 2.62. The number of pyridine rings is 1. The average molecular weight is 314 g/mol. The van der Waals surface area contributed by atoms with Crippen molar-refractivity contribution in [3.63, 3.8) is 0 Å². The Hall–Kier alpha value is -3.21. The van der Waals surface area contributed by atoms with Crippen molar-refractivity contribution < 1.29 is 14.3 Å². The van der Waals surface area contributed by atoms with Gasteiger partial charge in [-0.3, -0.25) is 4.79 Å². The van der Waals surface area contributed by atoms with Crippen LogP contribution in [0.25, 0.3) is 4.85 Å². The fraction of sp³-hybridized carbons (Fsp3) is 0.267. The number of imidazole rings is 1. The SMILES string of the molecule is C#[N+]c1ncc(C(=O)N[C@H](Cc2cnc[nH]2)C(=O)OC)cc1C. The van der Waals surface area contributed by atoms with Gasteiger partial charge in [0.25, 0.3) is 5.91 Å². The standard InChI is InChI=1S/C15H15N5O3/c1-9-4-10(6-18-13(9)16-2)14(21)20-12(15(22)23-3)5-11-7-17-8-19-11/h2,4,6-8,12H,5H2,1,3H3,(H-,17,19,20,21)/p+1/t12-/m1/s1. The van der Waals surface area contributed by atoms with E-state index in [0.29, 0.717) is 22.6 Å². The molecule has 0 saturated carbocycles. The maximum Gasteiger partial charge on any atom is 0.428 e. The Kier molecular flexibility index (Phi) is 5.04. The minimum atomic E-state index is -0.841. The molecule has 0 bridgehead atoms. The number of aromatic nitrogens is 3. The number of nitrogens with one attached hydrogen (secondary N) is 2. The molecule has 0 unspecified atom stereocenters. The molecule has 118 valence electrons. The molecule has 2 aromatic heterocycles. The zero-order valence-corrected chi connectivity index (χ0v) is 12.7. The summed E-state index contributed by atoms with van der Waals surface area (Å²) in [4.78, 5) is 38.4. The van der Waals surface area contributed by atoms with Crippen LogP contribution in [-0.4, -0.2) is 40.0 Å². The quantitative estimate of drug-likeness (QED) is 0.808. The lowest BCUT2D eigenvalue weighted by atomic mass is 10.1. The van der Waals surface area contributed by atoms with Crippen molar-refractivity contribution in [3.05, 3.63) is 46.5 Å². The highest BCUT2D eigenvalue weighted by Gasteiger charge is 2.24. The van der Waals surface area contributed by atoms with E-state index in [9.17, 15) is 9.59 Å². The van der Waals surface area contributed by atoms with E-state index in [4.69, 9.17) is 11.3 Å². The first-order valence-corrected chi connectivity index (χ1v) is 6.78. The van der Waals surface area contributed by atoms with Crippen LogP contribution in [0.15, 0.2) is 24.8 Å². The Bertz CT molecular complexity index is 749. The third-order valence-corrected chi connectivity index (χ3v) is 3.21. The lowest BCUT2D eigenvalue weighted by molar-refractivity contribution is -0.142. The molecule has 1 atom stereocenters. The van der Waals surface area contributed by atoms with E-state index in [1.165, 1.54) is 19.6 Å². The number of rotatable bonds is 5. The molecule has 0 aliphatic carbocycles. The third-order valence-electron chi connectivity index (χ3n) is 3.21. The first-order chi connectivity index (χ1) is 11.0. The Balaban J connectivity index is 2.15. The molecule has 0 fully saturated rings. The highest BCUT2D eigenvalue weighted by molar-refractivity contribution is 5.97. The van der Waals surface area contributed by atoms with Crippen molar-refractivity contribution in [2.75, 3.05) is 7.11 Å². The number of H-pyrrole nitrogens is 1. The number of carbonyl (C=O) groups excluding carboxylic acids is 2. The van der Waals surface area contributed by atoms with Crippen molar-refractivity contribution in [1.82, 2.24) is 20.3 Å². The number of carbonyl (C=O) groups is 2. The van der Waals surface area contributed by atoms with Gasteiger partial charge in [-0.2, -0.15) is 4.85 Å². The summed E-state index contributed by atoms with van der Waals surface area (Å²) in [7, 11) is 1.26. The summed E-state index contributed by atoms with van der Waals surface area (Å²) in [6.07, 6.45) is 4.65.